The monoisotopic (exact) mass is 290 g/mol. The van der Waals surface area contributed by atoms with E-state index in [2.05, 4.69) is 37.5 Å². The highest BCUT2D eigenvalue weighted by atomic mass is 16.3. The Hall–Kier alpha value is -0.900. The van der Waals surface area contributed by atoms with Gasteiger partial charge in [-0.1, -0.05) is 44.2 Å². The topological polar surface area (TPSA) is 26.7 Å². The van der Waals surface area contributed by atoms with Crippen molar-refractivity contribution in [2.45, 2.75) is 45.9 Å². The summed E-state index contributed by atoms with van der Waals surface area (Å²) in [6, 6.07) is 10.9. The highest BCUT2D eigenvalue weighted by molar-refractivity contribution is 5.19. The van der Waals surface area contributed by atoms with Crippen LogP contribution < -0.4 is 0 Å². The predicted octanol–water partition coefficient (Wildman–Crippen LogP) is 2.77. The lowest BCUT2D eigenvalue weighted by Gasteiger charge is -2.44. The van der Waals surface area contributed by atoms with E-state index in [0.717, 1.165) is 31.7 Å². The van der Waals surface area contributed by atoms with E-state index >= 15 is 0 Å². The fourth-order valence-corrected chi connectivity index (χ4v) is 3.39. The molecule has 0 saturated carbocycles. The zero-order valence-corrected chi connectivity index (χ0v) is 13.9. The Morgan fingerprint density at radius 2 is 1.38 bits per heavy atom. The molecule has 1 aromatic carbocycles. The van der Waals surface area contributed by atoms with Gasteiger partial charge in [-0.2, -0.15) is 0 Å². The van der Waals surface area contributed by atoms with Crippen molar-refractivity contribution in [3.8, 4) is 0 Å². The van der Waals surface area contributed by atoms with Crippen LogP contribution in [-0.4, -0.2) is 53.2 Å². The summed E-state index contributed by atoms with van der Waals surface area (Å²) >= 11 is 0. The summed E-state index contributed by atoms with van der Waals surface area (Å²) in [6.07, 6.45) is -0.406. The Balaban J connectivity index is 2.06. The highest BCUT2D eigenvalue weighted by Gasteiger charge is 2.32. The van der Waals surface area contributed by atoms with Gasteiger partial charge >= 0.3 is 0 Å². The van der Waals surface area contributed by atoms with Crippen molar-refractivity contribution >= 4 is 0 Å². The van der Waals surface area contributed by atoms with Crippen molar-refractivity contribution in [2.75, 3.05) is 26.2 Å². The van der Waals surface area contributed by atoms with Crippen LogP contribution >= 0.6 is 0 Å². The quantitative estimate of drug-likeness (QED) is 0.903. The summed E-state index contributed by atoms with van der Waals surface area (Å²) in [7, 11) is 0. The molecule has 2 rings (SSSR count). The van der Waals surface area contributed by atoms with Crippen molar-refractivity contribution in [2.24, 2.45) is 5.92 Å². The maximum Gasteiger partial charge on any atom is 0.0947 e. The van der Waals surface area contributed by atoms with Gasteiger partial charge < -0.3 is 5.11 Å². The first kappa shape index (κ1) is 16.5. The minimum Gasteiger partial charge on any atom is -0.387 e. The van der Waals surface area contributed by atoms with Crippen LogP contribution in [0.2, 0.25) is 0 Å². The number of aliphatic hydroxyl groups is 1. The van der Waals surface area contributed by atoms with Crippen LogP contribution in [-0.2, 0) is 0 Å². The summed E-state index contributed by atoms with van der Waals surface area (Å²) < 4.78 is 0. The van der Waals surface area contributed by atoms with Gasteiger partial charge in [0.25, 0.3) is 0 Å². The Kier molecular flexibility index (Phi) is 5.80. The Morgan fingerprint density at radius 1 is 0.857 bits per heavy atom. The second-order valence-electron chi connectivity index (χ2n) is 6.76. The molecule has 1 aliphatic rings. The van der Waals surface area contributed by atoms with Gasteiger partial charge in [0.1, 0.15) is 0 Å². The molecule has 3 heteroatoms. The molecule has 118 valence electrons. The molecule has 2 atom stereocenters. The third kappa shape index (κ3) is 4.06. The molecular weight excluding hydrogens is 260 g/mol. The molecule has 1 heterocycles. The molecular formula is C18H30N2O. The van der Waals surface area contributed by atoms with Crippen molar-refractivity contribution in [3.05, 3.63) is 35.9 Å². The highest BCUT2D eigenvalue weighted by Crippen LogP contribution is 2.27. The van der Waals surface area contributed by atoms with E-state index in [9.17, 15) is 5.11 Å². The average Bonchev–Trinajstić information content (AvgIpc) is 2.48. The van der Waals surface area contributed by atoms with E-state index in [1.165, 1.54) is 0 Å². The van der Waals surface area contributed by atoms with Crippen LogP contribution in [0, 0.1) is 5.92 Å². The summed E-state index contributed by atoms with van der Waals surface area (Å²) in [5.41, 5.74) is 1.03. The van der Waals surface area contributed by atoms with Gasteiger partial charge in [-0.05, 0) is 25.3 Å². The molecule has 1 fully saturated rings. The standard InChI is InChI=1S/C18H30N2O/c1-14(2)17(18(21)16-8-6-5-7-9-16)20-12-10-19(11-13-20)15(3)4/h5-9,14-15,17-18,21H,10-13H2,1-4H3. The summed E-state index contributed by atoms with van der Waals surface area (Å²) in [4.78, 5) is 4.99. The smallest absolute Gasteiger partial charge is 0.0947 e. The average molecular weight is 290 g/mol. The molecule has 21 heavy (non-hydrogen) atoms. The molecule has 0 bridgehead atoms. The van der Waals surface area contributed by atoms with E-state index in [1.54, 1.807) is 0 Å². The van der Waals surface area contributed by atoms with E-state index in [-0.39, 0.29) is 6.04 Å². The molecule has 0 aromatic heterocycles. The zero-order chi connectivity index (χ0) is 15.4. The first-order valence-electron chi connectivity index (χ1n) is 8.21. The number of nitrogens with zero attached hydrogens (tertiary/aromatic N) is 2. The number of benzene rings is 1. The number of piperazine rings is 1. The van der Waals surface area contributed by atoms with Gasteiger partial charge in [-0.25, -0.2) is 0 Å². The Morgan fingerprint density at radius 3 is 1.86 bits per heavy atom. The van der Waals surface area contributed by atoms with Gasteiger partial charge in [-0.15, -0.1) is 0 Å². The van der Waals surface area contributed by atoms with E-state index in [4.69, 9.17) is 0 Å². The van der Waals surface area contributed by atoms with Crippen LogP contribution in [0.1, 0.15) is 39.4 Å². The lowest BCUT2D eigenvalue weighted by atomic mass is 9.91. The molecule has 3 nitrogen and oxygen atoms in total. The Bertz CT molecular complexity index is 410. The fraction of sp³-hybridized carbons (Fsp3) is 0.667. The van der Waals surface area contributed by atoms with Crippen molar-refractivity contribution in [1.29, 1.82) is 0 Å². The fourth-order valence-electron chi connectivity index (χ4n) is 3.39. The molecule has 1 N–H and O–H groups in total. The van der Waals surface area contributed by atoms with E-state index in [0.29, 0.717) is 12.0 Å². The van der Waals surface area contributed by atoms with Gasteiger partial charge in [0.2, 0.25) is 0 Å². The summed E-state index contributed by atoms with van der Waals surface area (Å²) in [5, 5.41) is 10.8. The maximum atomic E-state index is 10.8. The molecule has 0 aliphatic carbocycles. The van der Waals surface area contributed by atoms with Gasteiger partial charge in [0, 0.05) is 38.3 Å². The number of aliphatic hydroxyl groups excluding tert-OH is 1. The largest absolute Gasteiger partial charge is 0.387 e. The second-order valence-corrected chi connectivity index (χ2v) is 6.76. The molecule has 0 spiro atoms. The lowest BCUT2D eigenvalue weighted by Crippen LogP contribution is -2.54. The predicted molar refractivity (Wildman–Crippen MR) is 88.3 cm³/mol. The third-order valence-corrected chi connectivity index (χ3v) is 4.65. The SMILES string of the molecule is CC(C)C(C(O)c1ccccc1)N1CCN(C(C)C)CC1. The van der Waals surface area contributed by atoms with Crippen molar-refractivity contribution < 1.29 is 5.11 Å². The molecule has 1 aromatic rings. The maximum absolute atomic E-state index is 10.8. The van der Waals surface area contributed by atoms with Crippen LogP contribution in [0.3, 0.4) is 0 Å². The molecule has 1 saturated heterocycles. The van der Waals surface area contributed by atoms with Gasteiger partial charge in [0.05, 0.1) is 6.10 Å². The first-order valence-corrected chi connectivity index (χ1v) is 8.21. The van der Waals surface area contributed by atoms with E-state index < -0.39 is 6.10 Å². The van der Waals surface area contributed by atoms with Gasteiger partial charge in [-0.3, -0.25) is 9.80 Å². The molecule has 0 amide bonds. The minimum absolute atomic E-state index is 0.196. The summed E-state index contributed by atoms with van der Waals surface area (Å²) in [6.45, 7) is 13.2. The number of rotatable bonds is 5. The van der Waals surface area contributed by atoms with E-state index in [1.807, 2.05) is 30.3 Å². The van der Waals surface area contributed by atoms with Crippen LogP contribution in [0.4, 0.5) is 0 Å². The first-order chi connectivity index (χ1) is 10.0. The normalized spacial score (nSPS) is 20.9. The summed E-state index contributed by atoms with van der Waals surface area (Å²) in [5.74, 6) is 0.436. The molecule has 1 aliphatic heterocycles. The van der Waals surface area contributed by atoms with Crippen LogP contribution in [0.5, 0.6) is 0 Å². The van der Waals surface area contributed by atoms with Crippen LogP contribution in [0.25, 0.3) is 0 Å². The minimum atomic E-state index is -0.406. The van der Waals surface area contributed by atoms with Crippen LogP contribution in [0.15, 0.2) is 30.3 Å². The second kappa shape index (κ2) is 7.39. The Labute approximate surface area is 129 Å². The van der Waals surface area contributed by atoms with Crippen molar-refractivity contribution in [3.63, 3.8) is 0 Å². The lowest BCUT2D eigenvalue weighted by molar-refractivity contribution is -0.00858. The third-order valence-electron chi connectivity index (χ3n) is 4.65. The zero-order valence-electron chi connectivity index (χ0n) is 13.9. The number of hydrogen-bond acceptors (Lipinski definition) is 3. The number of hydrogen-bond donors (Lipinski definition) is 1. The van der Waals surface area contributed by atoms with Crippen molar-refractivity contribution in [1.82, 2.24) is 9.80 Å². The molecule has 0 radical (unpaired) electrons. The molecule has 2 unspecified atom stereocenters. The van der Waals surface area contributed by atoms with Gasteiger partial charge in [0.15, 0.2) is 0 Å².